The van der Waals surface area contributed by atoms with Crippen molar-refractivity contribution in [2.45, 2.75) is 25.1 Å². The first-order chi connectivity index (χ1) is 9.95. The lowest BCUT2D eigenvalue weighted by atomic mass is 10.2. The third-order valence-corrected chi connectivity index (χ3v) is 3.24. The first-order valence-corrected chi connectivity index (χ1v) is 6.75. The third kappa shape index (κ3) is 4.93. The summed E-state index contributed by atoms with van der Waals surface area (Å²) in [5.74, 6) is -0.319. The van der Waals surface area contributed by atoms with E-state index >= 15 is 0 Å². The number of nitrogens with one attached hydrogen (secondary N) is 2. The van der Waals surface area contributed by atoms with Gasteiger partial charge in [0.05, 0.1) is 5.56 Å². The molecule has 1 saturated heterocycles. The molecule has 1 unspecified atom stereocenters. The van der Waals surface area contributed by atoms with Crippen molar-refractivity contribution in [3.05, 3.63) is 29.8 Å². The summed E-state index contributed by atoms with van der Waals surface area (Å²) in [6, 6.07) is 4.74. The fourth-order valence-corrected chi connectivity index (χ4v) is 2.13. The van der Waals surface area contributed by atoms with Crippen LogP contribution in [0.15, 0.2) is 24.3 Å². The zero-order valence-corrected chi connectivity index (χ0v) is 11.4. The maximum absolute atomic E-state index is 12.5. The molecule has 1 amide bonds. The Morgan fingerprint density at radius 2 is 2.24 bits per heavy atom. The Morgan fingerprint density at radius 1 is 1.43 bits per heavy atom. The predicted molar refractivity (Wildman–Crippen MR) is 71.0 cm³/mol. The fourth-order valence-electron chi connectivity index (χ4n) is 2.13. The molecule has 0 aliphatic carbocycles. The van der Waals surface area contributed by atoms with Gasteiger partial charge < -0.3 is 15.4 Å². The van der Waals surface area contributed by atoms with Crippen LogP contribution in [0.5, 0.6) is 5.75 Å². The van der Waals surface area contributed by atoms with Gasteiger partial charge in [-0.1, -0.05) is 6.07 Å². The summed E-state index contributed by atoms with van der Waals surface area (Å²) in [5, 5.41) is 5.92. The molecular formula is C14H17F3N2O2. The highest BCUT2D eigenvalue weighted by atomic mass is 19.4. The first-order valence-electron chi connectivity index (χ1n) is 6.75. The summed E-state index contributed by atoms with van der Waals surface area (Å²) in [4.78, 5) is 11.6. The molecule has 0 bridgehead atoms. The normalized spacial score (nSPS) is 18.5. The highest BCUT2D eigenvalue weighted by Gasteiger charge is 2.30. The second kappa shape index (κ2) is 6.80. The van der Waals surface area contributed by atoms with Crippen molar-refractivity contribution in [3.8, 4) is 5.75 Å². The van der Waals surface area contributed by atoms with E-state index in [1.165, 1.54) is 12.1 Å². The SMILES string of the molecule is O=C(COc1cccc(C(F)(F)F)c1)NCC1CCCN1. The molecule has 1 heterocycles. The van der Waals surface area contributed by atoms with Crippen LogP contribution >= 0.6 is 0 Å². The molecular weight excluding hydrogens is 285 g/mol. The molecule has 4 nitrogen and oxygen atoms in total. The lowest BCUT2D eigenvalue weighted by Gasteiger charge is -2.12. The molecule has 1 fully saturated rings. The number of hydrogen-bond donors (Lipinski definition) is 2. The molecule has 1 aliphatic heterocycles. The van der Waals surface area contributed by atoms with Gasteiger partial charge in [0.25, 0.3) is 5.91 Å². The van der Waals surface area contributed by atoms with Crippen molar-refractivity contribution < 1.29 is 22.7 Å². The van der Waals surface area contributed by atoms with E-state index < -0.39 is 11.7 Å². The summed E-state index contributed by atoms with van der Waals surface area (Å²) in [7, 11) is 0. The van der Waals surface area contributed by atoms with E-state index in [0.717, 1.165) is 31.5 Å². The average molecular weight is 302 g/mol. The van der Waals surface area contributed by atoms with Crippen LogP contribution in [0.25, 0.3) is 0 Å². The minimum absolute atomic E-state index is 0.0268. The van der Waals surface area contributed by atoms with Gasteiger partial charge >= 0.3 is 6.18 Å². The highest BCUT2D eigenvalue weighted by molar-refractivity contribution is 5.77. The number of benzene rings is 1. The molecule has 0 radical (unpaired) electrons. The number of halogens is 3. The summed E-state index contributed by atoms with van der Waals surface area (Å²) in [6.07, 6.45) is -2.33. The number of carbonyl (C=O) groups is 1. The van der Waals surface area contributed by atoms with E-state index in [9.17, 15) is 18.0 Å². The molecule has 0 aromatic heterocycles. The molecule has 116 valence electrons. The third-order valence-electron chi connectivity index (χ3n) is 3.24. The van der Waals surface area contributed by atoms with E-state index in [2.05, 4.69) is 10.6 Å². The van der Waals surface area contributed by atoms with Gasteiger partial charge in [0.2, 0.25) is 0 Å². The maximum atomic E-state index is 12.5. The molecule has 2 N–H and O–H groups in total. The van der Waals surface area contributed by atoms with Crippen LogP contribution in [-0.2, 0) is 11.0 Å². The van der Waals surface area contributed by atoms with Crippen molar-refractivity contribution in [2.75, 3.05) is 19.7 Å². The van der Waals surface area contributed by atoms with E-state index in [-0.39, 0.29) is 24.3 Å². The average Bonchev–Trinajstić information content (AvgIpc) is 2.95. The summed E-state index contributed by atoms with van der Waals surface area (Å²) >= 11 is 0. The van der Waals surface area contributed by atoms with Crippen LogP contribution in [0.2, 0.25) is 0 Å². The zero-order chi connectivity index (χ0) is 15.3. The summed E-state index contributed by atoms with van der Waals surface area (Å²) in [5.41, 5.74) is -0.796. The van der Waals surface area contributed by atoms with Crippen LogP contribution < -0.4 is 15.4 Å². The van der Waals surface area contributed by atoms with E-state index in [1.807, 2.05) is 0 Å². The van der Waals surface area contributed by atoms with Crippen molar-refractivity contribution in [1.29, 1.82) is 0 Å². The van der Waals surface area contributed by atoms with Gasteiger partial charge in [0.15, 0.2) is 6.61 Å². The molecule has 1 aromatic rings. The predicted octanol–water partition coefficient (Wildman–Crippen LogP) is 1.95. The van der Waals surface area contributed by atoms with Crippen molar-refractivity contribution in [3.63, 3.8) is 0 Å². The van der Waals surface area contributed by atoms with Crippen LogP contribution in [0.4, 0.5) is 13.2 Å². The molecule has 0 spiro atoms. The number of alkyl halides is 3. The monoisotopic (exact) mass is 302 g/mol. The van der Waals surface area contributed by atoms with Crippen molar-refractivity contribution in [2.24, 2.45) is 0 Å². The van der Waals surface area contributed by atoms with Crippen molar-refractivity contribution >= 4 is 5.91 Å². The van der Waals surface area contributed by atoms with Crippen molar-refractivity contribution in [1.82, 2.24) is 10.6 Å². The fraction of sp³-hybridized carbons (Fsp3) is 0.500. The smallest absolute Gasteiger partial charge is 0.416 e. The lowest BCUT2D eigenvalue weighted by molar-refractivity contribution is -0.137. The van der Waals surface area contributed by atoms with Gasteiger partial charge in [-0.25, -0.2) is 0 Å². The van der Waals surface area contributed by atoms with E-state index in [0.29, 0.717) is 6.54 Å². The summed E-state index contributed by atoms with van der Waals surface area (Å²) in [6.45, 7) is 1.15. The molecule has 21 heavy (non-hydrogen) atoms. The van der Waals surface area contributed by atoms with Crippen LogP contribution in [0.3, 0.4) is 0 Å². The largest absolute Gasteiger partial charge is 0.484 e. The molecule has 1 aliphatic rings. The van der Waals surface area contributed by atoms with Crippen LogP contribution in [0, 0.1) is 0 Å². The number of amides is 1. The highest BCUT2D eigenvalue weighted by Crippen LogP contribution is 2.31. The lowest BCUT2D eigenvalue weighted by Crippen LogP contribution is -2.39. The number of carbonyl (C=O) groups excluding carboxylic acids is 1. The molecule has 0 saturated carbocycles. The molecule has 1 aromatic carbocycles. The van der Waals surface area contributed by atoms with Crippen LogP contribution in [0.1, 0.15) is 18.4 Å². The maximum Gasteiger partial charge on any atom is 0.416 e. The minimum atomic E-state index is -4.42. The number of rotatable bonds is 5. The minimum Gasteiger partial charge on any atom is -0.484 e. The van der Waals surface area contributed by atoms with Gasteiger partial charge in [0.1, 0.15) is 5.75 Å². The Bertz CT molecular complexity index is 485. The Morgan fingerprint density at radius 3 is 2.90 bits per heavy atom. The topological polar surface area (TPSA) is 50.4 Å². The zero-order valence-electron chi connectivity index (χ0n) is 11.4. The Labute approximate surface area is 120 Å². The molecule has 1 atom stereocenters. The second-order valence-electron chi connectivity index (χ2n) is 4.91. The number of hydrogen-bond acceptors (Lipinski definition) is 3. The van der Waals surface area contributed by atoms with Gasteiger partial charge in [-0.2, -0.15) is 13.2 Å². The van der Waals surface area contributed by atoms with E-state index in [1.54, 1.807) is 0 Å². The summed E-state index contributed by atoms with van der Waals surface area (Å²) < 4.78 is 42.6. The Kier molecular flexibility index (Phi) is 5.06. The van der Waals surface area contributed by atoms with Crippen LogP contribution in [-0.4, -0.2) is 31.6 Å². The quantitative estimate of drug-likeness (QED) is 0.874. The van der Waals surface area contributed by atoms with Gasteiger partial charge in [0, 0.05) is 12.6 Å². The Balaban J connectivity index is 1.78. The standard InChI is InChI=1S/C14H17F3N2O2/c15-14(16,17)10-3-1-5-12(7-10)21-9-13(20)19-8-11-4-2-6-18-11/h1,3,5,7,11,18H,2,4,6,8-9H2,(H,19,20). The number of ether oxygens (including phenoxy) is 1. The van der Waals surface area contributed by atoms with E-state index in [4.69, 9.17) is 4.74 Å². The Hall–Kier alpha value is -1.76. The van der Waals surface area contributed by atoms with Gasteiger partial charge in [-0.3, -0.25) is 4.79 Å². The second-order valence-corrected chi connectivity index (χ2v) is 4.91. The van der Waals surface area contributed by atoms with Gasteiger partial charge in [-0.05, 0) is 37.6 Å². The van der Waals surface area contributed by atoms with Gasteiger partial charge in [-0.15, -0.1) is 0 Å². The molecule has 7 heteroatoms. The first kappa shape index (κ1) is 15.6. The molecule has 2 rings (SSSR count).